The number of nitrogens with zero attached hydrogens (tertiary/aromatic N) is 2. The Balaban J connectivity index is 2.23. The van der Waals surface area contributed by atoms with E-state index in [1.165, 1.54) is 0 Å². The maximum atomic E-state index is 12.3. The number of imidazole rings is 1. The van der Waals surface area contributed by atoms with Gasteiger partial charge in [-0.1, -0.05) is 26.0 Å². The van der Waals surface area contributed by atoms with E-state index in [9.17, 15) is 4.79 Å². The van der Waals surface area contributed by atoms with Gasteiger partial charge in [-0.15, -0.1) is 0 Å². The molecule has 19 heavy (non-hydrogen) atoms. The number of fused-ring (bicyclic) bond motifs is 1. The van der Waals surface area contributed by atoms with Crippen molar-refractivity contribution in [2.24, 2.45) is 5.92 Å². The van der Waals surface area contributed by atoms with Crippen LogP contribution in [0.2, 0.25) is 0 Å². The monoisotopic (exact) mass is 262 g/mol. The molecule has 0 saturated heterocycles. The fourth-order valence-corrected chi connectivity index (χ4v) is 2.27. The summed E-state index contributed by atoms with van der Waals surface area (Å²) >= 11 is 0. The van der Waals surface area contributed by atoms with Gasteiger partial charge in [-0.05, 0) is 25.0 Å². The summed E-state index contributed by atoms with van der Waals surface area (Å²) in [6.07, 6.45) is 0. The molecule has 0 fully saturated rings. The van der Waals surface area contributed by atoms with Gasteiger partial charge in [-0.3, -0.25) is 9.13 Å². The SMILES string of the molecule is CCn1c(=O)n(CCOCC(C)C)c2ccccc21. The minimum absolute atomic E-state index is 0.0526. The molecule has 0 spiro atoms. The van der Waals surface area contributed by atoms with Crippen LogP contribution in [0.4, 0.5) is 0 Å². The molecule has 0 aliphatic rings. The van der Waals surface area contributed by atoms with Crippen LogP contribution in [-0.4, -0.2) is 22.3 Å². The summed E-state index contributed by atoms with van der Waals surface area (Å²) in [7, 11) is 0. The van der Waals surface area contributed by atoms with E-state index in [1.807, 2.05) is 31.2 Å². The van der Waals surface area contributed by atoms with Crippen molar-refractivity contribution in [2.45, 2.75) is 33.9 Å². The van der Waals surface area contributed by atoms with E-state index in [2.05, 4.69) is 13.8 Å². The Morgan fingerprint density at radius 1 is 1.16 bits per heavy atom. The topological polar surface area (TPSA) is 36.2 Å². The highest BCUT2D eigenvalue weighted by Gasteiger charge is 2.10. The van der Waals surface area contributed by atoms with E-state index in [0.717, 1.165) is 17.6 Å². The highest BCUT2D eigenvalue weighted by Crippen LogP contribution is 2.12. The normalized spacial score (nSPS) is 11.6. The fourth-order valence-electron chi connectivity index (χ4n) is 2.27. The molecule has 0 amide bonds. The Hall–Kier alpha value is -1.55. The van der Waals surface area contributed by atoms with E-state index in [-0.39, 0.29) is 5.69 Å². The minimum Gasteiger partial charge on any atom is -0.379 e. The first-order chi connectivity index (χ1) is 9.15. The first kappa shape index (κ1) is 13.9. The van der Waals surface area contributed by atoms with Crippen LogP contribution in [0.15, 0.2) is 29.1 Å². The predicted molar refractivity (Wildman–Crippen MR) is 77.5 cm³/mol. The molecular formula is C15H22N2O2. The van der Waals surface area contributed by atoms with Crippen LogP contribution in [0.3, 0.4) is 0 Å². The second-order valence-corrected chi connectivity index (χ2v) is 5.14. The second-order valence-electron chi connectivity index (χ2n) is 5.14. The standard InChI is InChI=1S/C15H22N2O2/c1-4-16-13-7-5-6-8-14(13)17(15(16)18)9-10-19-11-12(2)3/h5-8,12H,4,9-11H2,1-3H3. The van der Waals surface area contributed by atoms with Crippen molar-refractivity contribution in [1.29, 1.82) is 0 Å². The summed E-state index contributed by atoms with van der Waals surface area (Å²) in [5.74, 6) is 0.522. The molecule has 1 aromatic heterocycles. The summed E-state index contributed by atoms with van der Waals surface area (Å²) in [6, 6.07) is 7.91. The zero-order valence-electron chi connectivity index (χ0n) is 11.9. The quantitative estimate of drug-likeness (QED) is 0.750. The van der Waals surface area contributed by atoms with Crippen molar-refractivity contribution >= 4 is 11.0 Å². The summed E-state index contributed by atoms with van der Waals surface area (Å²) in [5, 5.41) is 0. The van der Waals surface area contributed by atoms with Crippen LogP contribution in [-0.2, 0) is 17.8 Å². The number of hydrogen-bond donors (Lipinski definition) is 0. The van der Waals surface area contributed by atoms with Crippen LogP contribution < -0.4 is 5.69 Å². The van der Waals surface area contributed by atoms with Crippen molar-refractivity contribution in [3.05, 3.63) is 34.7 Å². The number of benzene rings is 1. The van der Waals surface area contributed by atoms with Gasteiger partial charge in [-0.25, -0.2) is 4.79 Å². The molecule has 1 aromatic carbocycles. The van der Waals surface area contributed by atoms with Crippen molar-refractivity contribution in [1.82, 2.24) is 9.13 Å². The van der Waals surface area contributed by atoms with Gasteiger partial charge in [-0.2, -0.15) is 0 Å². The van der Waals surface area contributed by atoms with E-state index >= 15 is 0 Å². The maximum absolute atomic E-state index is 12.3. The number of ether oxygens (including phenoxy) is 1. The van der Waals surface area contributed by atoms with E-state index in [4.69, 9.17) is 4.74 Å². The van der Waals surface area contributed by atoms with E-state index in [1.54, 1.807) is 9.13 Å². The lowest BCUT2D eigenvalue weighted by Crippen LogP contribution is -2.25. The summed E-state index contributed by atoms with van der Waals surface area (Å²) in [6.45, 7) is 8.85. The number of rotatable bonds is 6. The fraction of sp³-hybridized carbons (Fsp3) is 0.533. The average molecular weight is 262 g/mol. The van der Waals surface area contributed by atoms with Gasteiger partial charge in [0, 0.05) is 13.2 Å². The number of aryl methyl sites for hydroxylation is 1. The Morgan fingerprint density at radius 2 is 1.79 bits per heavy atom. The Bertz CT molecular complexity index is 596. The van der Waals surface area contributed by atoms with Gasteiger partial charge in [0.2, 0.25) is 0 Å². The van der Waals surface area contributed by atoms with Crippen molar-refractivity contribution < 1.29 is 4.74 Å². The molecule has 0 aliphatic heterocycles. The lowest BCUT2D eigenvalue weighted by molar-refractivity contribution is 0.103. The molecule has 0 N–H and O–H groups in total. The van der Waals surface area contributed by atoms with Gasteiger partial charge in [0.15, 0.2) is 0 Å². The second kappa shape index (κ2) is 6.06. The van der Waals surface area contributed by atoms with Gasteiger partial charge >= 0.3 is 5.69 Å². The van der Waals surface area contributed by atoms with Crippen molar-refractivity contribution in [3.63, 3.8) is 0 Å². The molecule has 0 radical (unpaired) electrons. The third-order valence-electron chi connectivity index (χ3n) is 3.15. The number of para-hydroxylation sites is 2. The van der Waals surface area contributed by atoms with Crippen molar-refractivity contribution in [3.8, 4) is 0 Å². The number of hydrogen-bond acceptors (Lipinski definition) is 2. The lowest BCUT2D eigenvalue weighted by atomic mass is 10.2. The van der Waals surface area contributed by atoms with Gasteiger partial charge < -0.3 is 4.74 Å². The molecule has 4 heteroatoms. The highest BCUT2D eigenvalue weighted by molar-refractivity contribution is 5.75. The Labute approximate surface area is 113 Å². The third-order valence-corrected chi connectivity index (χ3v) is 3.15. The molecule has 1 heterocycles. The van der Waals surface area contributed by atoms with Crippen LogP contribution in [0.25, 0.3) is 11.0 Å². The molecule has 2 rings (SSSR count). The lowest BCUT2D eigenvalue weighted by Gasteiger charge is -2.07. The molecule has 0 aliphatic carbocycles. The van der Waals surface area contributed by atoms with Crippen LogP contribution in [0.5, 0.6) is 0 Å². The summed E-state index contributed by atoms with van der Waals surface area (Å²) in [4.78, 5) is 12.3. The Kier molecular flexibility index (Phi) is 4.43. The zero-order valence-corrected chi connectivity index (χ0v) is 11.9. The van der Waals surface area contributed by atoms with Crippen LogP contribution in [0.1, 0.15) is 20.8 Å². The van der Waals surface area contributed by atoms with Crippen molar-refractivity contribution in [2.75, 3.05) is 13.2 Å². The Morgan fingerprint density at radius 3 is 2.37 bits per heavy atom. The number of aromatic nitrogens is 2. The summed E-state index contributed by atoms with van der Waals surface area (Å²) in [5.41, 5.74) is 2.04. The summed E-state index contributed by atoms with van der Waals surface area (Å²) < 4.78 is 9.18. The molecule has 0 atom stereocenters. The van der Waals surface area contributed by atoms with E-state index < -0.39 is 0 Å². The van der Waals surface area contributed by atoms with Crippen LogP contribution in [0, 0.1) is 5.92 Å². The zero-order chi connectivity index (χ0) is 13.8. The van der Waals surface area contributed by atoms with Gasteiger partial charge in [0.1, 0.15) is 0 Å². The van der Waals surface area contributed by atoms with Gasteiger partial charge in [0.25, 0.3) is 0 Å². The molecule has 4 nitrogen and oxygen atoms in total. The smallest absolute Gasteiger partial charge is 0.329 e. The van der Waals surface area contributed by atoms with E-state index in [0.29, 0.717) is 25.6 Å². The van der Waals surface area contributed by atoms with Crippen LogP contribution >= 0.6 is 0 Å². The molecular weight excluding hydrogens is 240 g/mol. The molecule has 104 valence electrons. The first-order valence-electron chi connectivity index (χ1n) is 6.91. The molecule has 2 aromatic rings. The average Bonchev–Trinajstić information content (AvgIpc) is 2.66. The molecule has 0 unspecified atom stereocenters. The molecule has 0 saturated carbocycles. The highest BCUT2D eigenvalue weighted by atomic mass is 16.5. The largest absolute Gasteiger partial charge is 0.379 e. The predicted octanol–water partition coefficient (Wildman–Crippen LogP) is 2.50. The minimum atomic E-state index is 0.0526. The molecule has 0 bridgehead atoms. The third kappa shape index (κ3) is 2.89. The van der Waals surface area contributed by atoms with Gasteiger partial charge in [0.05, 0.1) is 24.2 Å². The first-order valence-corrected chi connectivity index (χ1v) is 6.91. The maximum Gasteiger partial charge on any atom is 0.329 e.